The van der Waals surface area contributed by atoms with Crippen LogP contribution in [0.2, 0.25) is 0 Å². The van der Waals surface area contributed by atoms with Gasteiger partial charge in [0, 0.05) is 18.7 Å². The van der Waals surface area contributed by atoms with Crippen molar-refractivity contribution in [1.82, 2.24) is 4.98 Å². The second kappa shape index (κ2) is 15.8. The standard InChI is InChI=1S/C32H39NO11/c1-18(2)29(35)42-17-41-28-25(39-6)12-13-33-26(28)24(34)15-22-16-40-32(38)23(14-21-10-8-7-9-11-21)27(20(5)43-31(22)37)44-30(36)19(3)4/h7-13,18-20,22-23,27H,14-17H2,1-6H3/t20-,22?,23+,27-/m0/s1. The lowest BCUT2D eigenvalue weighted by Crippen LogP contribution is -2.43. The lowest BCUT2D eigenvalue weighted by molar-refractivity contribution is -0.177. The molecule has 0 N–H and O–H groups in total. The third-order valence-electron chi connectivity index (χ3n) is 6.91. The maximum absolute atomic E-state index is 13.5. The normalized spacial score (nSPS) is 20.5. The van der Waals surface area contributed by atoms with Crippen molar-refractivity contribution in [2.24, 2.45) is 23.7 Å². The molecule has 1 aliphatic rings. The Morgan fingerprint density at radius 2 is 1.66 bits per heavy atom. The number of carbonyl (C=O) groups excluding carboxylic acids is 5. The molecule has 12 heteroatoms. The molecule has 44 heavy (non-hydrogen) atoms. The Morgan fingerprint density at radius 1 is 0.977 bits per heavy atom. The molecule has 0 amide bonds. The van der Waals surface area contributed by atoms with Gasteiger partial charge in [0.1, 0.15) is 18.6 Å². The third-order valence-corrected chi connectivity index (χ3v) is 6.91. The predicted octanol–water partition coefficient (Wildman–Crippen LogP) is 3.73. The van der Waals surface area contributed by atoms with Gasteiger partial charge in [-0.3, -0.25) is 24.0 Å². The van der Waals surface area contributed by atoms with E-state index in [-0.39, 0.29) is 23.6 Å². The van der Waals surface area contributed by atoms with Gasteiger partial charge in [0.15, 0.2) is 29.1 Å². The molecule has 1 unspecified atom stereocenters. The monoisotopic (exact) mass is 613 g/mol. The lowest BCUT2D eigenvalue weighted by atomic mass is 9.91. The number of cyclic esters (lactones) is 2. The molecule has 238 valence electrons. The van der Waals surface area contributed by atoms with Crippen molar-refractivity contribution in [2.45, 2.75) is 59.7 Å². The van der Waals surface area contributed by atoms with Crippen molar-refractivity contribution in [3.8, 4) is 11.5 Å². The lowest BCUT2D eigenvalue weighted by Gasteiger charge is -2.29. The minimum absolute atomic E-state index is 0.0815. The summed E-state index contributed by atoms with van der Waals surface area (Å²) in [5.41, 5.74) is 0.614. The topological polar surface area (TPSA) is 154 Å². The highest BCUT2D eigenvalue weighted by atomic mass is 16.7. The fourth-order valence-corrected chi connectivity index (χ4v) is 4.39. The first-order valence-electron chi connectivity index (χ1n) is 14.4. The molecule has 0 bridgehead atoms. The van der Waals surface area contributed by atoms with E-state index in [2.05, 4.69) is 4.98 Å². The first kappa shape index (κ1) is 34.0. The van der Waals surface area contributed by atoms with Crippen LogP contribution < -0.4 is 9.47 Å². The van der Waals surface area contributed by atoms with Crippen LogP contribution in [-0.2, 0) is 44.5 Å². The summed E-state index contributed by atoms with van der Waals surface area (Å²) in [5, 5.41) is 0. The molecular formula is C32H39NO11. The highest BCUT2D eigenvalue weighted by Crippen LogP contribution is 2.32. The Balaban J connectivity index is 1.85. The summed E-state index contributed by atoms with van der Waals surface area (Å²) in [6.45, 7) is 7.19. The number of esters is 4. The second-order valence-corrected chi connectivity index (χ2v) is 11.0. The van der Waals surface area contributed by atoms with Crippen molar-refractivity contribution < 1.29 is 52.4 Å². The van der Waals surface area contributed by atoms with Crippen LogP contribution in [0.3, 0.4) is 0 Å². The number of aromatic nitrogens is 1. The maximum atomic E-state index is 13.5. The molecule has 2 heterocycles. The van der Waals surface area contributed by atoms with Gasteiger partial charge >= 0.3 is 23.9 Å². The SMILES string of the molecule is COc1ccnc(C(=O)CC2COC(=O)[C@H](Cc3ccccc3)[C@@H](OC(=O)C(C)C)[C@H](C)OC2=O)c1OCOC(=O)C(C)C. The van der Waals surface area contributed by atoms with E-state index >= 15 is 0 Å². The van der Waals surface area contributed by atoms with Crippen LogP contribution in [0.15, 0.2) is 42.6 Å². The summed E-state index contributed by atoms with van der Waals surface area (Å²) in [7, 11) is 1.36. The first-order chi connectivity index (χ1) is 20.9. The number of ether oxygens (including phenoxy) is 6. The highest BCUT2D eigenvalue weighted by molar-refractivity contribution is 5.99. The summed E-state index contributed by atoms with van der Waals surface area (Å²) >= 11 is 0. The zero-order valence-electron chi connectivity index (χ0n) is 25.8. The Kier molecular flexibility index (Phi) is 12.2. The third kappa shape index (κ3) is 9.01. The number of pyridine rings is 1. The smallest absolute Gasteiger partial charge is 0.313 e. The van der Waals surface area contributed by atoms with Gasteiger partial charge in [0.05, 0.1) is 24.9 Å². The number of Topliss-reactive ketones (excluding diaryl/α,β-unsaturated/α-hetero) is 1. The van der Waals surface area contributed by atoms with Crippen molar-refractivity contribution in [1.29, 1.82) is 0 Å². The average molecular weight is 614 g/mol. The molecule has 1 aliphatic heterocycles. The largest absolute Gasteiger partial charge is 0.493 e. The zero-order chi connectivity index (χ0) is 32.4. The minimum Gasteiger partial charge on any atom is -0.493 e. The number of nitrogens with zero attached hydrogens (tertiary/aromatic N) is 1. The molecule has 4 atom stereocenters. The number of methoxy groups -OCH3 is 1. The molecule has 0 spiro atoms. The van der Waals surface area contributed by atoms with Crippen LogP contribution in [0.4, 0.5) is 0 Å². The maximum Gasteiger partial charge on any atom is 0.313 e. The van der Waals surface area contributed by atoms with E-state index in [0.29, 0.717) is 0 Å². The Hall–Kier alpha value is -4.48. The summed E-state index contributed by atoms with van der Waals surface area (Å²) in [4.78, 5) is 68.8. The molecule has 0 aliphatic carbocycles. The van der Waals surface area contributed by atoms with Crippen LogP contribution in [-0.4, -0.2) is 67.4 Å². The molecule has 3 rings (SSSR count). The van der Waals surface area contributed by atoms with Crippen LogP contribution in [0.1, 0.15) is 57.1 Å². The van der Waals surface area contributed by atoms with E-state index < -0.39 is 85.4 Å². The molecule has 0 radical (unpaired) electrons. The van der Waals surface area contributed by atoms with Gasteiger partial charge in [0.25, 0.3) is 0 Å². The van der Waals surface area contributed by atoms with Gasteiger partial charge in [-0.05, 0) is 18.9 Å². The van der Waals surface area contributed by atoms with Crippen LogP contribution >= 0.6 is 0 Å². The highest BCUT2D eigenvalue weighted by Gasteiger charge is 2.42. The molecule has 1 aromatic heterocycles. The van der Waals surface area contributed by atoms with Gasteiger partial charge in [0.2, 0.25) is 6.79 Å². The van der Waals surface area contributed by atoms with Gasteiger partial charge in [-0.1, -0.05) is 58.0 Å². The Morgan fingerprint density at radius 3 is 2.30 bits per heavy atom. The second-order valence-electron chi connectivity index (χ2n) is 11.0. The fraction of sp³-hybridized carbons (Fsp3) is 0.500. The molecule has 0 saturated carbocycles. The molecule has 2 aromatic rings. The first-order valence-corrected chi connectivity index (χ1v) is 14.4. The molecular weight excluding hydrogens is 574 g/mol. The number of hydrogen-bond donors (Lipinski definition) is 0. The summed E-state index contributed by atoms with van der Waals surface area (Å²) in [6.07, 6.45) is -1.14. The molecule has 1 fully saturated rings. The van der Waals surface area contributed by atoms with E-state index in [4.69, 9.17) is 28.4 Å². The van der Waals surface area contributed by atoms with E-state index in [1.165, 1.54) is 26.3 Å². The van der Waals surface area contributed by atoms with Crippen LogP contribution in [0, 0.1) is 23.7 Å². The van der Waals surface area contributed by atoms with Crippen molar-refractivity contribution in [2.75, 3.05) is 20.5 Å². The van der Waals surface area contributed by atoms with Crippen molar-refractivity contribution >= 4 is 29.7 Å². The minimum atomic E-state index is -1.20. The van der Waals surface area contributed by atoms with E-state index in [9.17, 15) is 24.0 Å². The fourth-order valence-electron chi connectivity index (χ4n) is 4.39. The van der Waals surface area contributed by atoms with Gasteiger partial charge in [-0.2, -0.15) is 0 Å². The van der Waals surface area contributed by atoms with E-state index in [1.54, 1.807) is 27.7 Å². The number of hydrogen-bond acceptors (Lipinski definition) is 12. The number of benzene rings is 1. The van der Waals surface area contributed by atoms with Crippen LogP contribution in [0.25, 0.3) is 0 Å². The van der Waals surface area contributed by atoms with Crippen molar-refractivity contribution in [3.05, 3.63) is 53.9 Å². The van der Waals surface area contributed by atoms with Gasteiger partial charge < -0.3 is 28.4 Å². The number of rotatable bonds is 12. The Bertz CT molecular complexity index is 1320. The van der Waals surface area contributed by atoms with Gasteiger partial charge in [-0.15, -0.1) is 0 Å². The molecule has 1 saturated heterocycles. The quantitative estimate of drug-likeness (QED) is 0.148. The number of carbonyl (C=O) groups is 5. The van der Waals surface area contributed by atoms with E-state index in [1.807, 2.05) is 30.3 Å². The predicted molar refractivity (Wildman–Crippen MR) is 155 cm³/mol. The average Bonchev–Trinajstić information content (AvgIpc) is 3.03. The summed E-state index contributed by atoms with van der Waals surface area (Å²) in [5.74, 6) is -6.23. The van der Waals surface area contributed by atoms with Crippen molar-refractivity contribution in [3.63, 3.8) is 0 Å². The van der Waals surface area contributed by atoms with Gasteiger partial charge in [-0.25, -0.2) is 4.98 Å². The zero-order valence-corrected chi connectivity index (χ0v) is 25.8. The molecule has 12 nitrogen and oxygen atoms in total. The summed E-state index contributed by atoms with van der Waals surface area (Å²) < 4.78 is 32.8. The molecule has 1 aromatic carbocycles. The number of ketones is 1. The van der Waals surface area contributed by atoms with E-state index in [0.717, 1.165) is 5.56 Å². The summed E-state index contributed by atoms with van der Waals surface area (Å²) in [6, 6.07) is 10.6. The van der Waals surface area contributed by atoms with Crippen LogP contribution in [0.5, 0.6) is 11.5 Å². The Labute approximate surface area is 256 Å².